The van der Waals surface area contributed by atoms with Crippen LogP contribution in [-0.2, 0) is 14.8 Å². The zero-order valence-corrected chi connectivity index (χ0v) is 22.9. The molecule has 0 radical (unpaired) electrons. The number of amides is 1. The Morgan fingerprint density at radius 1 is 1.03 bits per heavy atom. The second-order valence-corrected chi connectivity index (χ2v) is 12.2. The van der Waals surface area contributed by atoms with Crippen molar-refractivity contribution in [1.82, 2.24) is 19.5 Å². The van der Waals surface area contributed by atoms with Gasteiger partial charge in [-0.25, -0.2) is 13.4 Å². The van der Waals surface area contributed by atoms with Crippen molar-refractivity contribution in [3.8, 4) is 0 Å². The van der Waals surface area contributed by atoms with E-state index < -0.39 is 10.0 Å². The smallest absolute Gasteiger partial charge is 0.256 e. The largest absolute Gasteiger partial charge is 0.399 e. The van der Waals surface area contributed by atoms with E-state index in [1.165, 1.54) is 12.1 Å². The molecular weight excluding hydrogens is 520 g/mol. The number of nitrogen functional groups attached to an aromatic ring is 1. The molecule has 3 fully saturated rings. The lowest BCUT2D eigenvalue weighted by atomic mass is 9.97. The number of aromatic nitrogens is 3. The molecule has 0 bridgehead atoms. The Hall–Kier alpha value is -3.58. The third kappa shape index (κ3) is 5.20. The van der Waals surface area contributed by atoms with Crippen LogP contribution in [0.3, 0.4) is 0 Å². The number of nitrogens with one attached hydrogen (secondary N) is 1. The molecule has 3 saturated heterocycles. The maximum Gasteiger partial charge on any atom is 0.256 e. The van der Waals surface area contributed by atoms with Crippen molar-refractivity contribution in [3.63, 3.8) is 0 Å². The summed E-state index contributed by atoms with van der Waals surface area (Å²) in [4.78, 5) is 25.2. The molecule has 5 heterocycles. The lowest BCUT2D eigenvalue weighted by Crippen LogP contribution is -2.40. The highest BCUT2D eigenvalue weighted by Crippen LogP contribution is 2.35. The number of nitrogens with two attached hydrogens (primary N) is 1. The van der Waals surface area contributed by atoms with Gasteiger partial charge in [-0.1, -0.05) is 0 Å². The lowest BCUT2D eigenvalue weighted by Gasteiger charge is -2.35. The number of rotatable bonds is 6. The van der Waals surface area contributed by atoms with Crippen molar-refractivity contribution in [3.05, 3.63) is 41.6 Å². The Balaban J connectivity index is 1.38. The van der Waals surface area contributed by atoms with Crippen LogP contribution in [-0.4, -0.2) is 86.0 Å². The van der Waals surface area contributed by atoms with Crippen molar-refractivity contribution in [2.24, 2.45) is 0 Å². The third-order valence-electron chi connectivity index (χ3n) is 7.60. The fourth-order valence-electron chi connectivity index (χ4n) is 5.52. The summed E-state index contributed by atoms with van der Waals surface area (Å²) in [6.07, 6.45) is 4.77. The number of fused-ring (bicyclic) bond motifs is 1. The average Bonchev–Trinajstić information content (AvgIpc) is 3.32. The van der Waals surface area contributed by atoms with E-state index in [2.05, 4.69) is 20.6 Å². The number of carbonyl (C=O) groups is 1. The summed E-state index contributed by atoms with van der Waals surface area (Å²) in [6, 6.07) is 8.46. The number of ether oxygens (including phenoxy) is 1. The molecule has 3 aliphatic rings. The minimum atomic E-state index is -3.59. The van der Waals surface area contributed by atoms with Crippen molar-refractivity contribution < 1.29 is 17.9 Å². The van der Waals surface area contributed by atoms with Crippen molar-refractivity contribution in [1.29, 1.82) is 0 Å². The van der Waals surface area contributed by atoms with E-state index in [1.54, 1.807) is 11.0 Å². The minimum Gasteiger partial charge on any atom is -0.399 e. The van der Waals surface area contributed by atoms with E-state index in [0.29, 0.717) is 25.4 Å². The summed E-state index contributed by atoms with van der Waals surface area (Å²) < 4.78 is 33.9. The maximum absolute atomic E-state index is 13.9. The van der Waals surface area contributed by atoms with Gasteiger partial charge < -0.3 is 25.2 Å². The van der Waals surface area contributed by atoms with E-state index in [4.69, 9.17) is 20.6 Å². The molecule has 13 heteroatoms. The number of likely N-dealkylation sites (tertiary alicyclic amines) is 1. The SMILES string of the molecule is CS(=O)(=O)Nc1ccc(N)cc1C(=O)N1CCCC[C@H]1c1cc2nc(N3CCC3)cc(N3CCOCC3)n2n1. The van der Waals surface area contributed by atoms with Gasteiger partial charge in [-0.3, -0.25) is 9.52 Å². The number of carbonyl (C=O) groups excluding carboxylic acids is 1. The molecule has 1 atom stereocenters. The Morgan fingerprint density at radius 2 is 1.82 bits per heavy atom. The number of piperidine rings is 1. The Kier molecular flexibility index (Phi) is 6.71. The Bertz CT molecular complexity index is 1500. The van der Waals surface area contributed by atoms with Gasteiger partial charge in [0.1, 0.15) is 11.6 Å². The monoisotopic (exact) mass is 554 g/mol. The van der Waals surface area contributed by atoms with Crippen LogP contribution in [0.5, 0.6) is 0 Å². The minimum absolute atomic E-state index is 0.214. The van der Waals surface area contributed by atoms with Gasteiger partial charge in [0.2, 0.25) is 10.0 Å². The fraction of sp³-hybridized carbons (Fsp3) is 0.500. The van der Waals surface area contributed by atoms with Crippen LogP contribution in [0.1, 0.15) is 47.8 Å². The Labute approximate surface area is 227 Å². The molecule has 208 valence electrons. The van der Waals surface area contributed by atoms with Gasteiger partial charge in [-0.2, -0.15) is 9.61 Å². The zero-order valence-electron chi connectivity index (χ0n) is 22.0. The molecule has 12 nitrogen and oxygen atoms in total. The van der Waals surface area contributed by atoms with Crippen LogP contribution in [0.2, 0.25) is 0 Å². The highest BCUT2D eigenvalue weighted by atomic mass is 32.2. The number of benzene rings is 1. The van der Waals surface area contributed by atoms with Gasteiger partial charge in [-0.15, -0.1) is 0 Å². The van der Waals surface area contributed by atoms with Crippen LogP contribution in [0, 0.1) is 0 Å². The van der Waals surface area contributed by atoms with Gasteiger partial charge in [-0.05, 0) is 43.9 Å². The third-order valence-corrected chi connectivity index (χ3v) is 8.19. The normalized spacial score (nSPS) is 20.2. The van der Waals surface area contributed by atoms with Crippen LogP contribution in [0.25, 0.3) is 5.65 Å². The van der Waals surface area contributed by atoms with Crippen LogP contribution in [0.4, 0.5) is 23.0 Å². The van der Waals surface area contributed by atoms with Gasteiger partial charge in [0, 0.05) is 50.5 Å². The number of hydrogen-bond donors (Lipinski definition) is 2. The van der Waals surface area contributed by atoms with E-state index in [9.17, 15) is 13.2 Å². The van der Waals surface area contributed by atoms with Crippen molar-refractivity contribution >= 4 is 44.6 Å². The van der Waals surface area contributed by atoms with E-state index in [-0.39, 0.29) is 23.2 Å². The molecule has 39 heavy (non-hydrogen) atoms. The predicted octanol–water partition coefficient (Wildman–Crippen LogP) is 2.10. The molecule has 0 aliphatic carbocycles. The van der Waals surface area contributed by atoms with Crippen molar-refractivity contribution in [2.75, 3.05) is 72.4 Å². The molecule has 0 unspecified atom stereocenters. The number of sulfonamides is 1. The molecule has 0 saturated carbocycles. The number of hydrogen-bond acceptors (Lipinski definition) is 9. The summed E-state index contributed by atoms with van der Waals surface area (Å²) >= 11 is 0. The molecular formula is C26H34N8O4S. The standard InChI is InChI=1S/C26H34N8O4S/c1-39(36,37)30-20-7-6-18(27)15-19(20)26(35)33-10-3-2-5-22(33)21-16-24-28-23(31-8-4-9-31)17-25(34(24)29-21)32-11-13-38-14-12-32/h6-7,15-17,22,30H,2-5,8-14,27H2,1H3/t22-/m0/s1. The maximum atomic E-state index is 13.9. The topological polar surface area (TPSA) is 138 Å². The molecule has 6 rings (SSSR count). The highest BCUT2D eigenvalue weighted by Gasteiger charge is 2.33. The van der Waals surface area contributed by atoms with E-state index in [1.807, 2.05) is 10.6 Å². The molecule has 1 aromatic carbocycles. The number of nitrogens with zero attached hydrogens (tertiary/aromatic N) is 6. The van der Waals surface area contributed by atoms with E-state index in [0.717, 1.165) is 81.1 Å². The van der Waals surface area contributed by atoms with Crippen LogP contribution >= 0.6 is 0 Å². The summed E-state index contributed by atoms with van der Waals surface area (Å²) in [5.74, 6) is 1.63. The molecule has 3 N–H and O–H groups in total. The first kappa shape index (κ1) is 25.7. The second-order valence-electron chi connectivity index (χ2n) is 10.4. The molecule has 3 aromatic rings. The summed E-state index contributed by atoms with van der Waals surface area (Å²) in [6.45, 7) is 5.37. The molecule has 2 aromatic heterocycles. The van der Waals surface area contributed by atoms with Gasteiger partial charge in [0.15, 0.2) is 5.65 Å². The van der Waals surface area contributed by atoms with E-state index >= 15 is 0 Å². The fourth-order valence-corrected chi connectivity index (χ4v) is 6.09. The highest BCUT2D eigenvalue weighted by molar-refractivity contribution is 7.92. The second kappa shape index (κ2) is 10.2. The summed E-state index contributed by atoms with van der Waals surface area (Å²) in [5, 5.41) is 5.00. The summed E-state index contributed by atoms with van der Waals surface area (Å²) in [5.41, 5.74) is 8.35. The summed E-state index contributed by atoms with van der Waals surface area (Å²) in [7, 11) is -3.59. The van der Waals surface area contributed by atoms with Gasteiger partial charge in [0.25, 0.3) is 5.91 Å². The van der Waals surface area contributed by atoms with Gasteiger partial charge >= 0.3 is 0 Å². The Morgan fingerprint density at radius 3 is 2.54 bits per heavy atom. The quantitative estimate of drug-likeness (QED) is 0.439. The lowest BCUT2D eigenvalue weighted by molar-refractivity contribution is 0.0607. The first-order valence-corrected chi connectivity index (χ1v) is 15.3. The number of morpholine rings is 1. The van der Waals surface area contributed by atoms with Crippen LogP contribution in [0.15, 0.2) is 30.3 Å². The predicted molar refractivity (Wildman–Crippen MR) is 150 cm³/mol. The van der Waals surface area contributed by atoms with Crippen molar-refractivity contribution in [2.45, 2.75) is 31.7 Å². The molecule has 0 spiro atoms. The first-order valence-electron chi connectivity index (χ1n) is 13.4. The molecule has 3 aliphatic heterocycles. The van der Waals surface area contributed by atoms with Gasteiger partial charge in [0.05, 0.1) is 42.5 Å². The molecule has 1 amide bonds. The average molecular weight is 555 g/mol. The van der Waals surface area contributed by atoms with Crippen LogP contribution < -0.4 is 20.3 Å². The first-order chi connectivity index (χ1) is 18.8. The zero-order chi connectivity index (χ0) is 27.1. The number of anilines is 4.